The molecular weight excluding hydrogens is 408 g/mol. The quantitative estimate of drug-likeness (QED) is 0.314. The first kappa shape index (κ1) is 20.6. The molecule has 0 aliphatic heterocycles. The van der Waals surface area contributed by atoms with Gasteiger partial charge in [0.05, 0.1) is 5.69 Å². The van der Waals surface area contributed by atoms with Crippen LogP contribution in [0.25, 0.3) is 33.3 Å². The number of nitrogens with zero attached hydrogens (tertiary/aromatic N) is 2. The number of rotatable bonds is 5. The van der Waals surface area contributed by atoms with Crippen LogP contribution in [0.5, 0.6) is 0 Å². The van der Waals surface area contributed by atoms with E-state index >= 15 is 0 Å². The highest BCUT2D eigenvalue weighted by atomic mass is 28.3. The van der Waals surface area contributed by atoms with Gasteiger partial charge in [-0.05, 0) is 47.4 Å². The van der Waals surface area contributed by atoms with Gasteiger partial charge in [-0.25, -0.2) is 4.98 Å². The first-order valence-corrected chi connectivity index (χ1v) is 14.3. The van der Waals surface area contributed by atoms with Gasteiger partial charge in [-0.1, -0.05) is 74.6 Å². The number of pyridine rings is 2. The van der Waals surface area contributed by atoms with Crippen molar-refractivity contribution in [2.75, 3.05) is 0 Å². The van der Waals surface area contributed by atoms with E-state index in [0.717, 1.165) is 34.0 Å². The highest BCUT2D eigenvalue weighted by Gasteiger charge is 2.29. The van der Waals surface area contributed by atoms with Crippen LogP contribution in [0, 0.1) is 5.92 Å². The predicted octanol–water partition coefficient (Wildman–Crippen LogP) is 6.06. The third kappa shape index (κ3) is 3.55. The summed E-state index contributed by atoms with van der Waals surface area (Å²) in [5.74, 6) is 0.566. The minimum Gasteiger partial charge on any atom is -0.437 e. The molecule has 0 N–H and O–H groups in total. The molecule has 0 amide bonds. The summed E-state index contributed by atoms with van der Waals surface area (Å²) in [6, 6.07) is 23.5. The maximum absolute atomic E-state index is 6.18. The molecule has 0 atom stereocenters. The molecule has 0 saturated heterocycles. The van der Waals surface area contributed by atoms with E-state index in [0.29, 0.717) is 11.6 Å². The molecule has 0 radical (unpaired) electrons. The summed E-state index contributed by atoms with van der Waals surface area (Å²) in [5, 5.41) is 4.98. The van der Waals surface area contributed by atoms with Crippen molar-refractivity contribution in [3.05, 3.63) is 84.7 Å². The topological polar surface area (TPSA) is 38.9 Å². The number of benzene rings is 2. The van der Waals surface area contributed by atoms with Crippen LogP contribution in [0.4, 0.5) is 0 Å². The summed E-state index contributed by atoms with van der Waals surface area (Å²) >= 11 is 0. The van der Waals surface area contributed by atoms with Gasteiger partial charge in [0.2, 0.25) is 5.71 Å². The zero-order chi connectivity index (χ0) is 22.3. The summed E-state index contributed by atoms with van der Waals surface area (Å²) < 4.78 is 6.18. The lowest BCUT2D eigenvalue weighted by molar-refractivity contribution is 0.648. The lowest BCUT2D eigenvalue weighted by Gasteiger charge is -2.27. The minimum atomic E-state index is -1.87. The van der Waals surface area contributed by atoms with Crippen LogP contribution in [-0.4, -0.2) is 18.0 Å². The lowest BCUT2D eigenvalue weighted by Crippen LogP contribution is -2.54. The van der Waals surface area contributed by atoms with Gasteiger partial charge in [0.1, 0.15) is 13.7 Å². The summed E-state index contributed by atoms with van der Waals surface area (Å²) in [4.78, 5) is 9.39. The van der Waals surface area contributed by atoms with Gasteiger partial charge in [0, 0.05) is 28.7 Å². The van der Waals surface area contributed by atoms with Gasteiger partial charge < -0.3 is 4.42 Å². The largest absolute Gasteiger partial charge is 0.437 e. The molecule has 0 unspecified atom stereocenters. The zero-order valence-electron chi connectivity index (χ0n) is 19.1. The van der Waals surface area contributed by atoms with Crippen LogP contribution in [0.3, 0.4) is 0 Å². The van der Waals surface area contributed by atoms with Crippen LogP contribution < -0.4 is 10.4 Å². The third-order valence-corrected chi connectivity index (χ3v) is 9.91. The molecule has 0 bridgehead atoms. The van der Waals surface area contributed by atoms with Crippen molar-refractivity contribution in [1.82, 2.24) is 9.97 Å². The highest BCUT2D eigenvalue weighted by Crippen LogP contribution is 2.34. The van der Waals surface area contributed by atoms with Crippen LogP contribution >= 0.6 is 0 Å². The SMILES string of the molecule is CC(C)Cc1cc(-c2cccc3c2oc2ncccc23)ncc1[Si](C)(C)c1ccccc1. The fourth-order valence-corrected chi connectivity index (χ4v) is 7.36. The summed E-state index contributed by atoms with van der Waals surface area (Å²) in [6.07, 6.45) is 4.94. The molecule has 3 nitrogen and oxygen atoms in total. The van der Waals surface area contributed by atoms with E-state index in [1.54, 1.807) is 6.20 Å². The minimum absolute atomic E-state index is 0.566. The molecular formula is C28H28N2OSi. The van der Waals surface area contributed by atoms with Gasteiger partial charge in [-0.15, -0.1) is 0 Å². The van der Waals surface area contributed by atoms with Crippen molar-refractivity contribution in [3.8, 4) is 11.3 Å². The zero-order valence-corrected chi connectivity index (χ0v) is 20.1. The Morgan fingerprint density at radius 3 is 2.44 bits per heavy atom. The van der Waals surface area contributed by atoms with Gasteiger partial charge in [-0.3, -0.25) is 4.98 Å². The van der Waals surface area contributed by atoms with Crippen molar-refractivity contribution >= 4 is 40.5 Å². The molecule has 3 heterocycles. The molecule has 0 aliphatic carbocycles. The van der Waals surface area contributed by atoms with Crippen LogP contribution in [0.15, 0.2) is 83.5 Å². The molecule has 0 saturated carbocycles. The molecule has 2 aromatic carbocycles. The van der Waals surface area contributed by atoms with Gasteiger partial charge in [0.25, 0.3) is 0 Å². The van der Waals surface area contributed by atoms with Crippen molar-refractivity contribution in [1.29, 1.82) is 0 Å². The number of aromatic nitrogens is 2. The van der Waals surface area contributed by atoms with Gasteiger partial charge >= 0.3 is 0 Å². The van der Waals surface area contributed by atoms with Crippen molar-refractivity contribution in [2.24, 2.45) is 5.92 Å². The molecule has 0 aliphatic rings. The Bertz CT molecular complexity index is 1400. The first-order valence-electron chi connectivity index (χ1n) is 11.3. The van der Waals surface area contributed by atoms with Crippen molar-refractivity contribution in [2.45, 2.75) is 33.4 Å². The average Bonchev–Trinajstić information content (AvgIpc) is 3.18. The average molecular weight is 437 g/mol. The fourth-order valence-electron chi connectivity index (χ4n) is 4.66. The van der Waals surface area contributed by atoms with E-state index in [-0.39, 0.29) is 0 Å². The van der Waals surface area contributed by atoms with Crippen LogP contribution in [0.1, 0.15) is 19.4 Å². The van der Waals surface area contributed by atoms with Crippen molar-refractivity contribution in [3.63, 3.8) is 0 Å². The Labute approximate surface area is 190 Å². The standard InChI is InChI=1S/C28H28N2OSi/c1-19(2)16-20-17-25(30-18-26(20)32(3,4)21-10-6-5-7-11-21)24-13-8-12-22-23-14-9-15-29-28(23)31-27(22)24/h5-15,17-19H,16H2,1-4H3. The fraction of sp³-hybridized carbons (Fsp3) is 0.214. The number of hydrogen-bond donors (Lipinski definition) is 0. The van der Waals surface area contributed by atoms with E-state index in [9.17, 15) is 0 Å². The predicted molar refractivity (Wildman–Crippen MR) is 136 cm³/mol. The Hall–Kier alpha value is -3.24. The Morgan fingerprint density at radius 2 is 1.66 bits per heavy atom. The molecule has 32 heavy (non-hydrogen) atoms. The lowest BCUT2D eigenvalue weighted by atomic mass is 10.0. The third-order valence-electron chi connectivity index (χ3n) is 6.34. The second-order valence-electron chi connectivity index (χ2n) is 9.46. The molecule has 0 spiro atoms. The summed E-state index contributed by atoms with van der Waals surface area (Å²) in [7, 11) is -1.87. The maximum atomic E-state index is 6.18. The van der Waals surface area contributed by atoms with Gasteiger partial charge in [-0.2, -0.15) is 0 Å². The van der Waals surface area contributed by atoms with E-state index in [1.165, 1.54) is 15.9 Å². The second-order valence-corrected chi connectivity index (χ2v) is 13.8. The number of fused-ring (bicyclic) bond motifs is 3. The van der Waals surface area contributed by atoms with Crippen LogP contribution in [0.2, 0.25) is 13.1 Å². The molecule has 5 aromatic rings. The number of furan rings is 1. The molecule has 0 fully saturated rings. The molecule has 4 heteroatoms. The maximum Gasteiger partial charge on any atom is 0.227 e. The van der Waals surface area contributed by atoms with E-state index < -0.39 is 8.07 Å². The summed E-state index contributed by atoms with van der Waals surface area (Å²) in [5.41, 5.74) is 4.92. The van der Waals surface area contributed by atoms with Crippen LogP contribution in [-0.2, 0) is 6.42 Å². The van der Waals surface area contributed by atoms with E-state index in [1.807, 2.05) is 6.07 Å². The van der Waals surface area contributed by atoms with E-state index in [2.05, 4.69) is 98.8 Å². The Kier molecular flexibility index (Phi) is 5.18. The first-order chi connectivity index (χ1) is 15.4. The highest BCUT2D eigenvalue weighted by molar-refractivity contribution is 7.00. The smallest absolute Gasteiger partial charge is 0.227 e. The second kappa shape index (κ2) is 8.03. The number of para-hydroxylation sites is 1. The number of hydrogen-bond acceptors (Lipinski definition) is 3. The van der Waals surface area contributed by atoms with Crippen molar-refractivity contribution < 1.29 is 4.42 Å². The molecule has 5 rings (SSSR count). The van der Waals surface area contributed by atoms with E-state index in [4.69, 9.17) is 9.40 Å². The Morgan fingerprint density at radius 1 is 0.875 bits per heavy atom. The summed E-state index contributed by atoms with van der Waals surface area (Å²) in [6.45, 7) is 9.42. The molecule has 160 valence electrons. The monoisotopic (exact) mass is 436 g/mol. The Balaban J connectivity index is 1.69. The normalized spacial score (nSPS) is 12.2. The molecule has 3 aromatic heterocycles. The van der Waals surface area contributed by atoms with Gasteiger partial charge in [0.15, 0.2) is 0 Å².